The number of nitrogens with zero attached hydrogens (tertiary/aromatic N) is 1. The Hall–Kier alpha value is -0.420. The van der Waals surface area contributed by atoms with Crippen LogP contribution in [0.2, 0.25) is 0 Å². The summed E-state index contributed by atoms with van der Waals surface area (Å²) in [6.45, 7) is 5.88. The van der Waals surface area contributed by atoms with Gasteiger partial charge in [0.1, 0.15) is 0 Å². The van der Waals surface area contributed by atoms with Crippen molar-refractivity contribution in [2.75, 3.05) is 39.8 Å². The molecule has 3 nitrogen and oxygen atoms in total. The van der Waals surface area contributed by atoms with Gasteiger partial charge in [-0.05, 0) is 38.1 Å². The third kappa shape index (κ3) is 4.56. The van der Waals surface area contributed by atoms with Gasteiger partial charge in [0.2, 0.25) is 0 Å². The minimum Gasteiger partial charge on any atom is -0.314 e. The van der Waals surface area contributed by atoms with Crippen LogP contribution >= 0.6 is 15.9 Å². The van der Waals surface area contributed by atoms with Crippen LogP contribution in [0.3, 0.4) is 0 Å². The molecule has 1 heterocycles. The van der Waals surface area contributed by atoms with Gasteiger partial charge >= 0.3 is 0 Å². The van der Waals surface area contributed by atoms with E-state index in [1.807, 2.05) is 0 Å². The van der Waals surface area contributed by atoms with Gasteiger partial charge in [0, 0.05) is 36.7 Å². The molecule has 0 aliphatic carbocycles. The lowest BCUT2D eigenvalue weighted by atomic mass is 10.0. The summed E-state index contributed by atoms with van der Waals surface area (Å²) in [5.74, 6) is 0. The van der Waals surface area contributed by atoms with E-state index in [0.717, 1.165) is 13.1 Å². The van der Waals surface area contributed by atoms with Crippen molar-refractivity contribution in [2.24, 2.45) is 0 Å². The van der Waals surface area contributed by atoms with Gasteiger partial charge in [-0.25, -0.2) is 0 Å². The van der Waals surface area contributed by atoms with Crippen LogP contribution in [-0.2, 0) is 0 Å². The van der Waals surface area contributed by atoms with E-state index in [4.69, 9.17) is 0 Å². The zero-order chi connectivity index (χ0) is 13.5. The van der Waals surface area contributed by atoms with Crippen molar-refractivity contribution in [3.05, 3.63) is 34.3 Å². The first kappa shape index (κ1) is 15.0. The molecule has 4 heteroatoms. The molecular weight excluding hydrogens is 302 g/mol. The zero-order valence-corrected chi connectivity index (χ0v) is 13.2. The number of halogens is 1. The lowest BCUT2D eigenvalue weighted by molar-refractivity contribution is 0.233. The summed E-state index contributed by atoms with van der Waals surface area (Å²) >= 11 is 3.65. The van der Waals surface area contributed by atoms with Crippen LogP contribution in [0.5, 0.6) is 0 Å². The van der Waals surface area contributed by atoms with Crippen LogP contribution in [0.15, 0.2) is 28.7 Å². The first-order valence-electron chi connectivity index (χ1n) is 7.16. The zero-order valence-electron chi connectivity index (χ0n) is 11.7. The topological polar surface area (TPSA) is 27.3 Å². The second-order valence-electron chi connectivity index (χ2n) is 5.10. The third-order valence-corrected chi connectivity index (χ3v) is 4.53. The number of rotatable bonds is 6. The van der Waals surface area contributed by atoms with Crippen molar-refractivity contribution in [3.63, 3.8) is 0 Å². The standard InChI is InChI=1S/C15H24BrN3/c1-17-15(13-5-2-3-6-14(13)16)7-4-10-19-11-8-18-9-12-19/h2-3,5-6,15,17-18H,4,7-12H2,1H3. The van der Waals surface area contributed by atoms with Crippen LogP contribution in [0.25, 0.3) is 0 Å². The fraction of sp³-hybridized carbons (Fsp3) is 0.600. The Kier molecular flexibility index (Phi) is 6.31. The molecule has 2 N–H and O–H groups in total. The molecule has 0 aromatic heterocycles. The Morgan fingerprint density at radius 1 is 1.32 bits per heavy atom. The molecule has 19 heavy (non-hydrogen) atoms. The van der Waals surface area contributed by atoms with Gasteiger partial charge in [-0.3, -0.25) is 0 Å². The highest BCUT2D eigenvalue weighted by atomic mass is 79.9. The summed E-state index contributed by atoms with van der Waals surface area (Å²) in [6, 6.07) is 8.95. The van der Waals surface area contributed by atoms with Crippen molar-refractivity contribution in [3.8, 4) is 0 Å². The summed E-state index contributed by atoms with van der Waals surface area (Å²) in [4.78, 5) is 2.56. The monoisotopic (exact) mass is 325 g/mol. The molecule has 2 rings (SSSR count). The van der Waals surface area contributed by atoms with E-state index >= 15 is 0 Å². The van der Waals surface area contributed by atoms with Crippen molar-refractivity contribution in [1.29, 1.82) is 0 Å². The molecule has 1 aromatic carbocycles. The predicted octanol–water partition coefficient (Wildman–Crippen LogP) is 2.40. The molecular formula is C15H24BrN3. The molecule has 0 bridgehead atoms. The lowest BCUT2D eigenvalue weighted by Gasteiger charge is -2.28. The number of hydrogen-bond donors (Lipinski definition) is 2. The van der Waals surface area contributed by atoms with Crippen LogP contribution < -0.4 is 10.6 Å². The molecule has 0 radical (unpaired) electrons. The van der Waals surface area contributed by atoms with E-state index in [0.29, 0.717) is 6.04 Å². The Morgan fingerprint density at radius 3 is 2.74 bits per heavy atom. The summed E-state index contributed by atoms with van der Waals surface area (Å²) in [5, 5.41) is 6.83. The average molecular weight is 326 g/mol. The van der Waals surface area contributed by atoms with Gasteiger partial charge in [0.05, 0.1) is 0 Å². The van der Waals surface area contributed by atoms with Crippen molar-refractivity contribution >= 4 is 15.9 Å². The van der Waals surface area contributed by atoms with Gasteiger partial charge in [0.15, 0.2) is 0 Å². The fourth-order valence-electron chi connectivity index (χ4n) is 2.67. The Labute approximate surface area is 124 Å². The van der Waals surface area contributed by atoms with Crippen LogP contribution in [-0.4, -0.2) is 44.7 Å². The minimum absolute atomic E-state index is 0.443. The van der Waals surface area contributed by atoms with Gasteiger partial charge in [-0.2, -0.15) is 0 Å². The van der Waals surface area contributed by atoms with E-state index in [2.05, 4.69) is 62.8 Å². The normalized spacial score (nSPS) is 18.4. The molecule has 106 valence electrons. The molecule has 1 aromatic rings. The van der Waals surface area contributed by atoms with E-state index in [-0.39, 0.29) is 0 Å². The van der Waals surface area contributed by atoms with Gasteiger partial charge < -0.3 is 15.5 Å². The Morgan fingerprint density at radius 2 is 2.05 bits per heavy atom. The second-order valence-corrected chi connectivity index (χ2v) is 5.95. The van der Waals surface area contributed by atoms with Crippen molar-refractivity contribution < 1.29 is 0 Å². The number of benzene rings is 1. The maximum absolute atomic E-state index is 3.65. The van der Waals surface area contributed by atoms with Gasteiger partial charge in [0.25, 0.3) is 0 Å². The maximum Gasteiger partial charge on any atom is 0.0329 e. The largest absolute Gasteiger partial charge is 0.314 e. The SMILES string of the molecule is CNC(CCCN1CCNCC1)c1ccccc1Br. The quantitative estimate of drug-likeness (QED) is 0.841. The predicted molar refractivity (Wildman–Crippen MR) is 84.5 cm³/mol. The average Bonchev–Trinajstić information content (AvgIpc) is 2.46. The number of nitrogens with one attached hydrogen (secondary N) is 2. The van der Waals surface area contributed by atoms with Crippen molar-refractivity contribution in [1.82, 2.24) is 15.5 Å². The highest BCUT2D eigenvalue weighted by Gasteiger charge is 2.13. The summed E-state index contributed by atoms with van der Waals surface area (Å²) < 4.78 is 1.21. The molecule has 1 aliphatic heterocycles. The molecule has 0 saturated carbocycles. The van der Waals surface area contributed by atoms with Crippen molar-refractivity contribution in [2.45, 2.75) is 18.9 Å². The minimum atomic E-state index is 0.443. The lowest BCUT2D eigenvalue weighted by Crippen LogP contribution is -2.43. The Balaban J connectivity index is 1.81. The summed E-state index contributed by atoms with van der Waals surface area (Å²) in [6.07, 6.45) is 2.43. The number of piperazine rings is 1. The summed E-state index contributed by atoms with van der Waals surface area (Å²) in [5.41, 5.74) is 1.37. The molecule has 1 atom stereocenters. The maximum atomic E-state index is 3.65. The smallest absolute Gasteiger partial charge is 0.0329 e. The highest BCUT2D eigenvalue weighted by molar-refractivity contribution is 9.10. The van der Waals surface area contributed by atoms with E-state index in [1.54, 1.807) is 0 Å². The first-order valence-corrected chi connectivity index (χ1v) is 7.95. The fourth-order valence-corrected chi connectivity index (χ4v) is 3.23. The van der Waals surface area contributed by atoms with E-state index in [1.165, 1.54) is 42.5 Å². The third-order valence-electron chi connectivity index (χ3n) is 3.81. The number of hydrogen-bond acceptors (Lipinski definition) is 3. The second kappa shape index (κ2) is 8.00. The van der Waals surface area contributed by atoms with E-state index in [9.17, 15) is 0 Å². The first-order chi connectivity index (χ1) is 9.31. The van der Waals surface area contributed by atoms with Crippen LogP contribution in [0.4, 0.5) is 0 Å². The molecule has 0 spiro atoms. The summed E-state index contributed by atoms with van der Waals surface area (Å²) in [7, 11) is 2.05. The van der Waals surface area contributed by atoms with Crippen LogP contribution in [0, 0.1) is 0 Å². The van der Waals surface area contributed by atoms with Gasteiger partial charge in [-0.1, -0.05) is 34.1 Å². The van der Waals surface area contributed by atoms with Crippen LogP contribution in [0.1, 0.15) is 24.4 Å². The van der Waals surface area contributed by atoms with E-state index < -0.39 is 0 Å². The molecule has 0 amide bonds. The Bertz CT molecular complexity index is 377. The van der Waals surface area contributed by atoms with Gasteiger partial charge in [-0.15, -0.1) is 0 Å². The molecule has 1 aliphatic rings. The highest BCUT2D eigenvalue weighted by Crippen LogP contribution is 2.26. The molecule has 1 unspecified atom stereocenters. The molecule has 1 fully saturated rings. The molecule has 1 saturated heterocycles.